The van der Waals surface area contributed by atoms with Gasteiger partial charge in [-0.1, -0.05) is 276 Å². The van der Waals surface area contributed by atoms with Crippen molar-refractivity contribution in [3.05, 3.63) is 0 Å². The van der Waals surface area contributed by atoms with E-state index in [9.17, 15) is 5.11 Å². The third kappa shape index (κ3) is 25.8. The standard InChI is InChI=1S/C63H128O13S6.H3O4P/c1-13-25-31-37-43-49-55(19-7)77(65,66)61(78(67,68)56(20-8)50-44-38-32-26-14-2)62(79(69,70)57(21-9)51-45-39-33-27-15-3,80(71,72)58(22-10)52-46-40-34-28-16-4)63(64,81(73,74)59(23-11)53-47-41-35-29-17-5)82(75,76)60(24-12)54-48-42-36-30-18-6;1-5(2,3)4/h55-61,64H,13-54H2,1-12H3;(H3,1,2,3,4). The molecule has 6 unspecified atom stereocenters. The smallest absolute Gasteiger partial charge is 0.361 e. The van der Waals surface area contributed by atoms with Crippen molar-refractivity contribution >= 4 is 66.8 Å². The quantitative estimate of drug-likeness (QED) is 0.0325. The Hall–Kier alpha value is -0.230. The van der Waals surface area contributed by atoms with Crippen molar-refractivity contribution in [2.75, 3.05) is 0 Å². The van der Waals surface area contributed by atoms with Crippen LogP contribution >= 0.6 is 7.82 Å². The Kier molecular flexibility index (Phi) is 46.2. The summed E-state index contributed by atoms with van der Waals surface area (Å²) in [5.74, 6) is 0. The molecule has 0 aromatic rings. The van der Waals surface area contributed by atoms with Crippen LogP contribution in [0.3, 0.4) is 0 Å². The number of phosphoric acid groups is 1. The van der Waals surface area contributed by atoms with Gasteiger partial charge in [0.25, 0.3) is 4.08 Å². The van der Waals surface area contributed by atoms with E-state index in [0.717, 1.165) is 77.0 Å². The third-order valence-corrected chi connectivity index (χ3v) is 39.3. The minimum absolute atomic E-state index is 0.139. The molecule has 0 aliphatic carbocycles. The Morgan fingerprint density at radius 3 is 0.609 bits per heavy atom. The molecule has 0 radical (unpaired) electrons. The second kappa shape index (κ2) is 45.2. The van der Waals surface area contributed by atoms with Crippen molar-refractivity contribution in [1.29, 1.82) is 0 Å². The normalized spacial score (nSPS) is 17.1. The van der Waals surface area contributed by atoms with E-state index < -0.39 is 137 Å². The van der Waals surface area contributed by atoms with Gasteiger partial charge >= 0.3 is 12.1 Å². The van der Waals surface area contributed by atoms with Crippen molar-refractivity contribution in [3.63, 3.8) is 0 Å². The highest BCUT2D eigenvalue weighted by atomic mass is 32.3. The van der Waals surface area contributed by atoms with E-state index >= 15 is 50.5 Å². The summed E-state index contributed by atoms with van der Waals surface area (Å²) in [5.41, 5.74) is 0. The number of rotatable bonds is 56. The molecule has 0 aromatic heterocycles. The molecule has 0 saturated heterocycles. The fourth-order valence-corrected chi connectivity index (χ4v) is 37.4. The summed E-state index contributed by atoms with van der Waals surface area (Å²) in [6, 6.07) is 0. The molecule has 526 valence electrons. The topological polar surface area (TPSA) is 303 Å². The summed E-state index contributed by atoms with van der Waals surface area (Å²) in [7, 11) is -41.6. The van der Waals surface area contributed by atoms with Gasteiger partial charge in [0, 0.05) is 0 Å². The van der Waals surface area contributed by atoms with Crippen molar-refractivity contribution in [2.24, 2.45) is 0 Å². The first kappa shape index (κ1) is 88.8. The van der Waals surface area contributed by atoms with Crippen molar-refractivity contribution < 1.29 is 74.9 Å². The number of hydrogen-bond donors (Lipinski definition) is 4. The van der Waals surface area contributed by atoms with Crippen LogP contribution in [-0.4, -0.2) is 115 Å². The molecule has 6 atom stereocenters. The largest absolute Gasteiger partial charge is 0.466 e. The summed E-state index contributed by atoms with van der Waals surface area (Å²) in [6.07, 6.45) is 13.8. The van der Waals surface area contributed by atoms with Crippen LogP contribution in [0.25, 0.3) is 0 Å². The van der Waals surface area contributed by atoms with Crippen LogP contribution in [0.5, 0.6) is 0 Å². The predicted octanol–water partition coefficient (Wildman–Crippen LogP) is 16.0. The first-order valence-electron chi connectivity index (χ1n) is 34.6. The molecule has 0 aliphatic rings. The van der Waals surface area contributed by atoms with Crippen LogP contribution in [0.4, 0.5) is 0 Å². The van der Waals surface area contributed by atoms with E-state index in [1.807, 2.05) is 41.5 Å². The molecule has 17 nitrogen and oxygen atoms in total. The van der Waals surface area contributed by atoms with E-state index in [0.29, 0.717) is 77.0 Å². The van der Waals surface area contributed by atoms with Crippen molar-refractivity contribution in [2.45, 2.75) is 397 Å². The molecule has 0 rings (SSSR count). The second-order valence-corrected chi connectivity index (χ2v) is 40.8. The zero-order chi connectivity index (χ0) is 67.2. The minimum atomic E-state index is -6.36. The highest BCUT2D eigenvalue weighted by Gasteiger charge is 2.87. The van der Waals surface area contributed by atoms with Crippen molar-refractivity contribution in [1.82, 2.24) is 0 Å². The van der Waals surface area contributed by atoms with Gasteiger partial charge in [0.15, 0.2) is 39.3 Å². The molecule has 0 heterocycles. The Balaban J connectivity index is 0. The minimum Gasteiger partial charge on any atom is -0.361 e. The Labute approximate surface area is 535 Å². The van der Waals surface area contributed by atoms with Gasteiger partial charge in [-0.2, -0.15) is 0 Å². The van der Waals surface area contributed by atoms with Gasteiger partial charge in [0.2, 0.25) is 24.3 Å². The molecular weight excluding hydrogens is 1250 g/mol. The zero-order valence-corrected chi connectivity index (χ0v) is 62.5. The lowest BCUT2D eigenvalue weighted by Crippen LogP contribution is -2.81. The molecule has 0 spiro atoms. The Morgan fingerprint density at radius 1 is 0.276 bits per heavy atom. The highest BCUT2D eigenvalue weighted by molar-refractivity contribution is 8.21. The first-order valence-corrected chi connectivity index (χ1v) is 45.6. The average molecular weight is 1380 g/mol. The van der Waals surface area contributed by atoms with Gasteiger partial charge in [-0.15, -0.1) is 0 Å². The lowest BCUT2D eigenvalue weighted by molar-refractivity contribution is 0.177. The van der Waals surface area contributed by atoms with Crippen LogP contribution in [0.1, 0.15) is 353 Å². The maximum Gasteiger partial charge on any atom is 0.466 e. The molecule has 0 aliphatic heterocycles. The zero-order valence-electron chi connectivity index (χ0n) is 56.7. The SMILES string of the molecule is CCCCCCCC(CC)S(=O)(=O)C(C(C(O)(S(=O)(=O)C(CC)CCCCCCC)S(=O)(=O)C(CC)CCCCCCC)(S(=O)(=O)C(CC)CCCCCCC)S(=O)(=O)C(CC)CCCCCCC)S(=O)(=O)C(CC)CCCCCCC.O=P(O)(O)O. The van der Waals surface area contributed by atoms with Crippen LogP contribution in [0.15, 0.2) is 0 Å². The van der Waals surface area contributed by atoms with E-state index in [4.69, 9.17) is 19.2 Å². The molecule has 0 aromatic carbocycles. The van der Waals surface area contributed by atoms with Crippen molar-refractivity contribution in [3.8, 4) is 0 Å². The molecule has 24 heteroatoms. The van der Waals surface area contributed by atoms with Gasteiger partial charge in [0.05, 0.1) is 31.5 Å². The number of unbranched alkanes of at least 4 members (excludes halogenated alkanes) is 24. The van der Waals surface area contributed by atoms with E-state index in [-0.39, 0.29) is 89.9 Å². The highest BCUT2D eigenvalue weighted by Crippen LogP contribution is 2.58. The third-order valence-electron chi connectivity index (χ3n) is 18.2. The van der Waals surface area contributed by atoms with Gasteiger partial charge in [-0.3, -0.25) is 0 Å². The summed E-state index contributed by atoms with van der Waals surface area (Å²) in [4.78, 5) is 21.6. The Morgan fingerprint density at radius 2 is 0.437 bits per heavy atom. The van der Waals surface area contributed by atoms with E-state index in [2.05, 4.69) is 0 Å². The maximum absolute atomic E-state index is 17.6. The lowest BCUT2D eigenvalue weighted by atomic mass is 10.1. The van der Waals surface area contributed by atoms with Crippen LogP contribution in [0, 0.1) is 0 Å². The molecule has 87 heavy (non-hydrogen) atoms. The summed E-state index contributed by atoms with van der Waals surface area (Å²) in [5, 5.41) is 3.66. The summed E-state index contributed by atoms with van der Waals surface area (Å²) < 4.78 is 202. The lowest BCUT2D eigenvalue weighted by Gasteiger charge is -2.51. The number of sulfone groups is 6. The average Bonchev–Trinajstić information content (AvgIpc) is 0.649. The number of hydrogen-bond acceptors (Lipinski definition) is 14. The predicted molar refractivity (Wildman–Crippen MR) is 364 cm³/mol. The van der Waals surface area contributed by atoms with Gasteiger partial charge in [0.1, 0.15) is 0 Å². The first-order chi connectivity index (χ1) is 40.7. The van der Waals surface area contributed by atoms with Gasteiger partial charge < -0.3 is 19.8 Å². The fourth-order valence-electron chi connectivity index (χ4n) is 12.8. The maximum atomic E-state index is 17.6. The molecular formula is C63H131O17PS6. The molecule has 0 fully saturated rings. The second-order valence-electron chi connectivity index (χ2n) is 24.9. The van der Waals surface area contributed by atoms with Crippen LogP contribution in [-0.2, 0) is 63.6 Å². The summed E-state index contributed by atoms with van der Waals surface area (Å²) >= 11 is 0. The van der Waals surface area contributed by atoms with Crippen LogP contribution < -0.4 is 0 Å². The Bertz CT molecular complexity index is 2370. The van der Waals surface area contributed by atoms with Gasteiger partial charge in [-0.05, 0) is 77.0 Å². The van der Waals surface area contributed by atoms with E-state index in [1.165, 1.54) is 41.5 Å². The monoisotopic (exact) mass is 1380 g/mol. The van der Waals surface area contributed by atoms with E-state index in [1.54, 1.807) is 0 Å². The fraction of sp³-hybridized carbons (Fsp3) is 1.00. The van der Waals surface area contributed by atoms with Gasteiger partial charge in [-0.25, -0.2) is 55.1 Å². The molecule has 0 amide bonds. The molecule has 0 bridgehead atoms. The molecule has 4 N–H and O–H groups in total. The molecule has 0 saturated carbocycles. The summed E-state index contributed by atoms with van der Waals surface area (Å²) in [6.45, 7) is 20.9. The van der Waals surface area contributed by atoms with Crippen LogP contribution in [0.2, 0.25) is 0 Å². The number of aliphatic hydroxyl groups is 1.